The van der Waals surface area contributed by atoms with Crippen LogP contribution in [0.3, 0.4) is 0 Å². The number of carbonyl (C=O) groups is 2. The molecule has 3 aromatic carbocycles. The largest absolute Gasteiger partial charge is 0.507 e. The predicted octanol–water partition coefficient (Wildman–Crippen LogP) is 6.16. The number of rotatable bonds is 6. The third-order valence-electron chi connectivity index (χ3n) is 7.84. The molecule has 220 valence electrons. The lowest BCUT2D eigenvalue weighted by Crippen LogP contribution is -2.30. The molecule has 0 aliphatic carbocycles. The number of nitrogens with zero attached hydrogens (tertiary/aromatic N) is 1. The van der Waals surface area contributed by atoms with E-state index in [0.717, 1.165) is 33.4 Å². The van der Waals surface area contributed by atoms with Gasteiger partial charge >= 0.3 is 0 Å². The fourth-order valence-corrected chi connectivity index (χ4v) is 5.46. The number of benzene rings is 3. The minimum Gasteiger partial charge on any atom is -0.507 e. The zero-order valence-corrected chi connectivity index (χ0v) is 25.1. The van der Waals surface area contributed by atoms with Gasteiger partial charge in [0.2, 0.25) is 0 Å². The molecular weight excluding hydrogens is 532 g/mol. The van der Waals surface area contributed by atoms with Gasteiger partial charge in [-0.2, -0.15) is 0 Å². The first kappa shape index (κ1) is 29.2. The molecule has 0 saturated carbocycles. The first-order valence-electron chi connectivity index (χ1n) is 14.1. The lowest BCUT2D eigenvalue weighted by Gasteiger charge is -2.28. The number of phenols is 1. The molecule has 3 aromatic rings. The van der Waals surface area contributed by atoms with Crippen LogP contribution in [0.5, 0.6) is 17.2 Å². The molecule has 0 radical (unpaired) electrons. The Morgan fingerprint density at radius 2 is 1.55 bits per heavy atom. The van der Waals surface area contributed by atoms with Gasteiger partial charge in [-0.1, -0.05) is 53.7 Å². The van der Waals surface area contributed by atoms with Gasteiger partial charge in [0.05, 0.1) is 6.54 Å². The smallest absolute Gasteiger partial charge is 0.293 e. The Balaban J connectivity index is 1.37. The maximum Gasteiger partial charge on any atom is 0.293 e. The molecule has 0 atom stereocenters. The molecule has 8 heteroatoms. The number of Topliss-reactive ketones (excluding diaryl/α,β-unsaturated/α-hetero) is 1. The minimum absolute atomic E-state index is 0.0366. The second kappa shape index (κ2) is 10.8. The van der Waals surface area contributed by atoms with Gasteiger partial charge in [-0.3, -0.25) is 15.0 Å². The first-order chi connectivity index (χ1) is 19.8. The summed E-state index contributed by atoms with van der Waals surface area (Å²) < 4.78 is 17.1. The van der Waals surface area contributed by atoms with Gasteiger partial charge in [0.25, 0.3) is 6.47 Å². The van der Waals surface area contributed by atoms with Crippen LogP contribution in [0.15, 0.2) is 42.5 Å². The summed E-state index contributed by atoms with van der Waals surface area (Å²) in [5.41, 5.74) is 5.68. The fraction of sp³-hybridized carbons (Fsp3) is 0.382. The van der Waals surface area contributed by atoms with E-state index in [9.17, 15) is 14.7 Å². The number of aromatic hydroxyl groups is 1. The van der Waals surface area contributed by atoms with Crippen molar-refractivity contribution in [3.05, 3.63) is 87.0 Å². The molecule has 0 amide bonds. The maximum absolute atomic E-state index is 13.6. The van der Waals surface area contributed by atoms with E-state index >= 15 is 0 Å². The highest BCUT2D eigenvalue weighted by atomic mass is 16.5. The van der Waals surface area contributed by atoms with Crippen LogP contribution in [0.25, 0.3) is 0 Å². The second-order valence-corrected chi connectivity index (χ2v) is 13.1. The Bertz CT molecular complexity index is 1540. The first-order valence-corrected chi connectivity index (χ1v) is 14.1. The van der Waals surface area contributed by atoms with Crippen molar-refractivity contribution < 1.29 is 28.9 Å². The molecule has 0 aromatic heterocycles. The summed E-state index contributed by atoms with van der Waals surface area (Å²) in [5.74, 6) is 1.51. The van der Waals surface area contributed by atoms with Crippen molar-refractivity contribution in [2.75, 3.05) is 6.54 Å². The van der Waals surface area contributed by atoms with E-state index in [0.29, 0.717) is 48.9 Å². The second-order valence-electron chi connectivity index (χ2n) is 13.1. The van der Waals surface area contributed by atoms with Crippen molar-refractivity contribution >= 4 is 18.1 Å². The van der Waals surface area contributed by atoms with E-state index in [4.69, 9.17) is 19.6 Å². The third-order valence-corrected chi connectivity index (χ3v) is 7.84. The minimum atomic E-state index is -0.349. The Labute approximate surface area is 246 Å². The van der Waals surface area contributed by atoms with Crippen molar-refractivity contribution in [1.29, 1.82) is 5.41 Å². The highest BCUT2D eigenvalue weighted by Gasteiger charge is 2.31. The number of phenolic OH excluding ortho intramolecular Hbond substituents is 1. The normalized spacial score (nSPS) is 14.5. The topological polar surface area (TPSA) is 109 Å². The molecule has 0 spiro atoms. The van der Waals surface area contributed by atoms with Crippen LogP contribution in [0.4, 0.5) is 0 Å². The Kier molecular flexibility index (Phi) is 7.51. The van der Waals surface area contributed by atoms with Gasteiger partial charge in [-0.05, 0) is 63.4 Å². The van der Waals surface area contributed by atoms with Crippen molar-refractivity contribution in [2.45, 2.75) is 78.7 Å². The van der Waals surface area contributed by atoms with Crippen molar-refractivity contribution in [2.24, 2.45) is 0 Å². The molecule has 0 bridgehead atoms. The van der Waals surface area contributed by atoms with Crippen molar-refractivity contribution in [3.8, 4) is 17.2 Å². The van der Waals surface area contributed by atoms with Crippen molar-refractivity contribution in [1.82, 2.24) is 4.90 Å². The number of hydrogen-bond acceptors (Lipinski definition) is 7. The summed E-state index contributed by atoms with van der Waals surface area (Å²) >= 11 is 0. The van der Waals surface area contributed by atoms with Gasteiger partial charge in [0.15, 0.2) is 17.3 Å². The number of amidine groups is 1. The summed E-state index contributed by atoms with van der Waals surface area (Å²) in [5, 5.41) is 19.9. The highest BCUT2D eigenvalue weighted by molar-refractivity contribution is 6.05. The van der Waals surface area contributed by atoms with E-state index in [1.807, 2.05) is 71.9 Å². The number of nitrogens with one attached hydrogen (secondary N) is 1. The van der Waals surface area contributed by atoms with Gasteiger partial charge in [0.1, 0.15) is 31.4 Å². The molecule has 2 N–H and O–H groups in total. The molecule has 0 fully saturated rings. The SMILES string of the molecule is CC(C)(C)c1cc(C(=O)CN2Cc3cc4c(cc3C2=N)OCc2cc(COC=O)ccc2CO4)cc(C(C)(C)C)c1O. The third kappa shape index (κ3) is 5.71. The molecule has 2 aliphatic heterocycles. The average molecular weight is 571 g/mol. The van der Waals surface area contributed by atoms with E-state index in [1.54, 1.807) is 17.0 Å². The molecular formula is C34H38N2O6. The van der Waals surface area contributed by atoms with E-state index < -0.39 is 0 Å². The summed E-state index contributed by atoms with van der Waals surface area (Å²) in [6.07, 6.45) is 0. The number of ketones is 1. The van der Waals surface area contributed by atoms with Gasteiger partial charge in [-0.15, -0.1) is 0 Å². The molecule has 5 rings (SSSR count). The lowest BCUT2D eigenvalue weighted by atomic mass is 9.78. The fourth-order valence-electron chi connectivity index (χ4n) is 5.46. The van der Waals surface area contributed by atoms with Crippen LogP contribution < -0.4 is 9.47 Å². The van der Waals surface area contributed by atoms with Crippen LogP contribution in [0, 0.1) is 5.41 Å². The lowest BCUT2D eigenvalue weighted by molar-refractivity contribution is -0.129. The van der Waals surface area contributed by atoms with E-state index in [1.165, 1.54) is 0 Å². The summed E-state index contributed by atoms with van der Waals surface area (Å²) in [4.78, 5) is 26.0. The van der Waals surface area contributed by atoms with E-state index in [2.05, 4.69) is 0 Å². The Hall–Kier alpha value is -4.33. The van der Waals surface area contributed by atoms with Crippen LogP contribution in [0.1, 0.15) is 90.8 Å². The molecule has 0 unspecified atom stereocenters. The standard InChI is InChI=1S/C34H38N2O6/c1-33(2,3)26-10-22(11-27(31(26)39)34(4,5)6)28(38)15-36-14-23-12-29-30(13-25(23)32(36)35)42-18-24-9-20(16-40-19-37)7-8-21(24)17-41-29/h7-13,19,35,39H,14-18H2,1-6H3. The van der Waals surface area contributed by atoms with Gasteiger partial charge in [0, 0.05) is 28.8 Å². The zero-order valence-electron chi connectivity index (χ0n) is 25.1. The molecule has 0 saturated heterocycles. The van der Waals surface area contributed by atoms with Crippen molar-refractivity contribution in [3.63, 3.8) is 0 Å². The van der Waals surface area contributed by atoms with Gasteiger partial charge < -0.3 is 24.2 Å². The number of hydrogen-bond donors (Lipinski definition) is 2. The highest BCUT2D eigenvalue weighted by Crippen LogP contribution is 2.41. The maximum atomic E-state index is 13.6. The quantitative estimate of drug-likeness (QED) is 0.270. The van der Waals surface area contributed by atoms with E-state index in [-0.39, 0.29) is 41.3 Å². The Morgan fingerprint density at radius 3 is 2.17 bits per heavy atom. The summed E-state index contributed by atoms with van der Waals surface area (Å²) in [6.45, 7) is 13.8. The van der Waals surface area contributed by atoms with Crippen LogP contribution in [0.2, 0.25) is 0 Å². The average Bonchev–Trinajstić information content (AvgIpc) is 3.20. The zero-order chi connectivity index (χ0) is 30.4. The molecule has 2 aliphatic rings. The molecule has 2 heterocycles. The number of carbonyl (C=O) groups excluding carboxylic acids is 2. The summed E-state index contributed by atoms with van der Waals surface area (Å²) in [7, 11) is 0. The predicted molar refractivity (Wildman–Crippen MR) is 159 cm³/mol. The Morgan fingerprint density at radius 1 is 0.929 bits per heavy atom. The van der Waals surface area contributed by atoms with Crippen LogP contribution in [-0.2, 0) is 46.7 Å². The van der Waals surface area contributed by atoms with Crippen LogP contribution in [-0.4, -0.2) is 34.6 Å². The number of ether oxygens (including phenoxy) is 3. The summed E-state index contributed by atoms with van der Waals surface area (Å²) in [6, 6.07) is 13.1. The van der Waals surface area contributed by atoms with Crippen LogP contribution >= 0.6 is 0 Å². The number of fused-ring (bicyclic) bond motifs is 3. The van der Waals surface area contributed by atoms with Gasteiger partial charge in [-0.25, -0.2) is 0 Å². The molecule has 8 nitrogen and oxygen atoms in total. The molecule has 42 heavy (non-hydrogen) atoms. The monoisotopic (exact) mass is 570 g/mol.